The number of hydrogen-bond donors (Lipinski definition) is 2. The van der Waals surface area contributed by atoms with Crippen molar-refractivity contribution in [2.45, 2.75) is 32.8 Å². The van der Waals surface area contributed by atoms with Gasteiger partial charge in [-0.1, -0.05) is 0 Å². The van der Waals surface area contributed by atoms with Gasteiger partial charge >= 0.3 is 0 Å². The van der Waals surface area contributed by atoms with E-state index in [4.69, 9.17) is 15.9 Å². The fourth-order valence-corrected chi connectivity index (χ4v) is 2.37. The molecule has 0 aliphatic carbocycles. The van der Waals surface area contributed by atoms with Gasteiger partial charge in [-0.25, -0.2) is 0 Å². The summed E-state index contributed by atoms with van der Waals surface area (Å²) >= 11 is 0. The lowest BCUT2D eigenvalue weighted by atomic mass is 10.1. The molecule has 0 saturated carbocycles. The molecule has 2 rings (SSSR count). The van der Waals surface area contributed by atoms with Gasteiger partial charge in [-0.3, -0.25) is 5.41 Å². The molecule has 0 radical (unpaired) electrons. The first-order chi connectivity index (χ1) is 9.00. The number of aromatic nitrogens is 2. The van der Waals surface area contributed by atoms with Crippen LogP contribution in [0, 0.1) is 19.3 Å². The quantitative estimate of drug-likeness (QED) is 0.625. The van der Waals surface area contributed by atoms with Crippen LogP contribution >= 0.6 is 0 Å². The van der Waals surface area contributed by atoms with Crippen molar-refractivity contribution in [1.82, 2.24) is 10.2 Å². The second-order valence-corrected chi connectivity index (χ2v) is 5.04. The summed E-state index contributed by atoms with van der Waals surface area (Å²) in [5.41, 5.74) is 8.08. The van der Waals surface area contributed by atoms with Gasteiger partial charge < -0.3 is 15.4 Å². The molecule has 19 heavy (non-hydrogen) atoms. The number of hydrogen-bond acceptors (Lipinski definition) is 5. The van der Waals surface area contributed by atoms with Crippen LogP contribution in [0.5, 0.6) is 0 Å². The number of anilines is 1. The van der Waals surface area contributed by atoms with Crippen molar-refractivity contribution in [3.8, 4) is 0 Å². The Bertz CT molecular complexity index is 482. The predicted molar refractivity (Wildman–Crippen MR) is 74.8 cm³/mol. The fourth-order valence-electron chi connectivity index (χ4n) is 2.37. The predicted octanol–water partition coefficient (Wildman–Crippen LogP) is 0.993. The summed E-state index contributed by atoms with van der Waals surface area (Å²) in [4.78, 5) is 1.98. The van der Waals surface area contributed by atoms with Crippen molar-refractivity contribution in [1.29, 1.82) is 5.41 Å². The summed E-state index contributed by atoms with van der Waals surface area (Å²) in [5.74, 6) is 0.691. The van der Waals surface area contributed by atoms with E-state index >= 15 is 0 Å². The Morgan fingerprint density at radius 3 is 2.79 bits per heavy atom. The van der Waals surface area contributed by atoms with E-state index in [1.54, 1.807) is 0 Å². The van der Waals surface area contributed by atoms with Crippen LogP contribution in [0.1, 0.15) is 29.7 Å². The molecular formula is C13H21N5O. The molecule has 1 aromatic heterocycles. The lowest BCUT2D eigenvalue weighted by Gasteiger charge is -2.24. The standard InChI is InChI=1S/C13H21N5O/c1-8-9(2)16-17-13(11(8)12(14)15)18(3)7-10-5-4-6-19-10/h10H,4-7H2,1-3H3,(H3,14,15). The van der Waals surface area contributed by atoms with Crippen LogP contribution in [0.25, 0.3) is 0 Å². The maximum Gasteiger partial charge on any atom is 0.162 e. The molecule has 1 fully saturated rings. The summed E-state index contributed by atoms with van der Waals surface area (Å²) in [6.45, 7) is 5.37. The van der Waals surface area contributed by atoms with Crippen LogP contribution in [0.2, 0.25) is 0 Å². The summed E-state index contributed by atoms with van der Waals surface area (Å²) in [7, 11) is 1.94. The molecule has 1 aliphatic rings. The summed E-state index contributed by atoms with van der Waals surface area (Å²) in [5, 5.41) is 16.1. The first-order valence-electron chi connectivity index (χ1n) is 6.51. The van der Waals surface area contributed by atoms with Crippen LogP contribution < -0.4 is 10.6 Å². The Kier molecular flexibility index (Phi) is 3.99. The highest BCUT2D eigenvalue weighted by Gasteiger charge is 2.22. The molecule has 1 saturated heterocycles. The van der Waals surface area contributed by atoms with Crippen molar-refractivity contribution < 1.29 is 4.74 Å². The van der Waals surface area contributed by atoms with Crippen molar-refractivity contribution in [2.75, 3.05) is 25.1 Å². The monoisotopic (exact) mass is 263 g/mol. The van der Waals surface area contributed by atoms with Gasteiger partial charge in [0.1, 0.15) is 5.84 Å². The highest BCUT2D eigenvalue weighted by molar-refractivity contribution is 6.01. The molecule has 0 bridgehead atoms. The Labute approximate surface area is 113 Å². The van der Waals surface area contributed by atoms with Crippen LogP contribution in [0.15, 0.2) is 0 Å². The van der Waals surface area contributed by atoms with Gasteiger partial charge in [0.2, 0.25) is 0 Å². The number of ether oxygens (including phenoxy) is 1. The number of aryl methyl sites for hydroxylation is 1. The van der Waals surface area contributed by atoms with Crippen LogP contribution in [-0.2, 0) is 4.74 Å². The zero-order valence-corrected chi connectivity index (χ0v) is 11.7. The largest absolute Gasteiger partial charge is 0.384 e. The highest BCUT2D eigenvalue weighted by Crippen LogP contribution is 2.22. The molecule has 104 valence electrons. The smallest absolute Gasteiger partial charge is 0.162 e. The highest BCUT2D eigenvalue weighted by atomic mass is 16.5. The van der Waals surface area contributed by atoms with E-state index in [0.717, 1.165) is 37.3 Å². The first kappa shape index (κ1) is 13.7. The average molecular weight is 263 g/mol. The van der Waals surface area contributed by atoms with E-state index in [9.17, 15) is 0 Å². The molecule has 6 heteroatoms. The topological polar surface area (TPSA) is 88.1 Å². The van der Waals surface area contributed by atoms with Crippen molar-refractivity contribution in [2.24, 2.45) is 5.73 Å². The SMILES string of the molecule is Cc1nnc(N(C)CC2CCCO2)c(C(=N)N)c1C. The minimum atomic E-state index is 0.0321. The molecule has 0 aromatic carbocycles. The third kappa shape index (κ3) is 2.84. The van der Waals surface area contributed by atoms with E-state index in [2.05, 4.69) is 10.2 Å². The van der Waals surface area contributed by atoms with E-state index < -0.39 is 0 Å². The van der Waals surface area contributed by atoms with Crippen molar-refractivity contribution >= 4 is 11.7 Å². The number of amidine groups is 1. The van der Waals surface area contributed by atoms with Crippen molar-refractivity contribution in [3.63, 3.8) is 0 Å². The van der Waals surface area contributed by atoms with E-state index in [0.29, 0.717) is 11.4 Å². The van der Waals surface area contributed by atoms with Crippen LogP contribution in [-0.4, -0.2) is 42.3 Å². The minimum Gasteiger partial charge on any atom is -0.384 e. The Balaban J connectivity index is 2.27. The van der Waals surface area contributed by atoms with E-state index in [1.165, 1.54) is 0 Å². The number of rotatable bonds is 4. The summed E-state index contributed by atoms with van der Waals surface area (Å²) in [6.07, 6.45) is 2.41. The molecule has 1 atom stereocenters. The zero-order valence-electron chi connectivity index (χ0n) is 11.7. The number of nitrogens with two attached hydrogens (primary N) is 1. The molecule has 3 N–H and O–H groups in total. The molecule has 6 nitrogen and oxygen atoms in total. The van der Waals surface area contributed by atoms with Gasteiger partial charge in [0, 0.05) is 20.2 Å². The minimum absolute atomic E-state index is 0.0321. The molecule has 1 unspecified atom stereocenters. The zero-order chi connectivity index (χ0) is 14.0. The summed E-state index contributed by atoms with van der Waals surface area (Å²) < 4.78 is 5.62. The van der Waals surface area contributed by atoms with E-state index in [-0.39, 0.29) is 11.9 Å². The average Bonchev–Trinajstić information content (AvgIpc) is 2.84. The number of nitrogens with zero attached hydrogens (tertiary/aromatic N) is 3. The summed E-state index contributed by atoms with van der Waals surface area (Å²) in [6, 6.07) is 0. The number of nitrogen functional groups attached to an aromatic ring is 1. The normalized spacial score (nSPS) is 18.6. The fraction of sp³-hybridized carbons (Fsp3) is 0.615. The lowest BCUT2D eigenvalue weighted by Crippen LogP contribution is -2.32. The van der Waals surface area contributed by atoms with Gasteiger partial charge in [-0.05, 0) is 32.3 Å². The molecule has 2 heterocycles. The molecule has 1 aromatic rings. The van der Waals surface area contributed by atoms with Crippen LogP contribution in [0.3, 0.4) is 0 Å². The lowest BCUT2D eigenvalue weighted by molar-refractivity contribution is 0.116. The second-order valence-electron chi connectivity index (χ2n) is 5.04. The molecule has 0 amide bonds. The van der Waals surface area contributed by atoms with Gasteiger partial charge in [0.05, 0.1) is 17.4 Å². The Morgan fingerprint density at radius 2 is 2.21 bits per heavy atom. The van der Waals surface area contributed by atoms with Crippen molar-refractivity contribution in [3.05, 3.63) is 16.8 Å². The first-order valence-corrected chi connectivity index (χ1v) is 6.51. The Hall–Kier alpha value is -1.69. The third-order valence-corrected chi connectivity index (χ3v) is 3.57. The maximum absolute atomic E-state index is 7.74. The molecule has 0 spiro atoms. The van der Waals surface area contributed by atoms with Gasteiger partial charge in [-0.15, -0.1) is 5.10 Å². The van der Waals surface area contributed by atoms with Gasteiger partial charge in [0.15, 0.2) is 5.82 Å². The number of nitrogens with one attached hydrogen (secondary N) is 1. The number of likely N-dealkylation sites (N-methyl/N-ethyl adjacent to an activating group) is 1. The van der Waals surface area contributed by atoms with Gasteiger partial charge in [-0.2, -0.15) is 5.10 Å². The maximum atomic E-state index is 7.74. The molecule has 1 aliphatic heterocycles. The third-order valence-electron chi connectivity index (χ3n) is 3.57. The Morgan fingerprint density at radius 1 is 1.47 bits per heavy atom. The second kappa shape index (κ2) is 5.52. The molecular weight excluding hydrogens is 242 g/mol. The van der Waals surface area contributed by atoms with E-state index in [1.807, 2.05) is 25.8 Å². The van der Waals surface area contributed by atoms with Gasteiger partial charge in [0.25, 0.3) is 0 Å². The van der Waals surface area contributed by atoms with Crippen LogP contribution in [0.4, 0.5) is 5.82 Å².